The topological polar surface area (TPSA) is 106 Å². The van der Waals surface area contributed by atoms with Crippen LogP contribution in [0.5, 0.6) is 11.5 Å². The van der Waals surface area contributed by atoms with Crippen LogP contribution in [-0.2, 0) is 6.42 Å². The van der Waals surface area contributed by atoms with Crippen molar-refractivity contribution >= 4 is 11.7 Å². The van der Waals surface area contributed by atoms with Crippen LogP contribution in [-0.4, -0.2) is 65.9 Å². The summed E-state index contributed by atoms with van der Waals surface area (Å²) in [5, 5.41) is 19.6. The molecule has 0 unspecified atom stereocenters. The SMILES string of the molecule is CN(C)[C@H]1CCN(c2ccc3c(c2)OCCc2c-3[nH]c(=O)c(C(=O)O)c2O)C1. The quantitative estimate of drug-likeness (QED) is 0.735. The highest BCUT2D eigenvalue weighted by Crippen LogP contribution is 2.40. The van der Waals surface area contributed by atoms with Gasteiger partial charge in [-0.3, -0.25) is 4.79 Å². The first kappa shape index (κ1) is 18.4. The molecule has 0 bridgehead atoms. The fraction of sp³-hybridized carbons (Fsp3) is 0.400. The lowest BCUT2D eigenvalue weighted by atomic mass is 10.00. The van der Waals surface area contributed by atoms with E-state index in [-0.39, 0.29) is 6.61 Å². The Morgan fingerprint density at radius 3 is 2.82 bits per heavy atom. The van der Waals surface area contributed by atoms with E-state index in [0.29, 0.717) is 35.0 Å². The first-order valence-corrected chi connectivity index (χ1v) is 9.27. The molecule has 28 heavy (non-hydrogen) atoms. The monoisotopic (exact) mass is 385 g/mol. The zero-order valence-electron chi connectivity index (χ0n) is 15.9. The number of nitrogens with zero attached hydrogens (tertiary/aromatic N) is 2. The van der Waals surface area contributed by atoms with Gasteiger partial charge in [0.2, 0.25) is 0 Å². The molecular weight excluding hydrogens is 362 g/mol. The second kappa shape index (κ2) is 6.87. The maximum absolute atomic E-state index is 12.2. The van der Waals surface area contributed by atoms with Crippen molar-refractivity contribution in [2.45, 2.75) is 18.9 Å². The minimum atomic E-state index is -1.45. The first-order chi connectivity index (χ1) is 13.4. The van der Waals surface area contributed by atoms with Crippen LogP contribution in [0.3, 0.4) is 0 Å². The van der Waals surface area contributed by atoms with Gasteiger partial charge in [-0.25, -0.2) is 4.79 Å². The van der Waals surface area contributed by atoms with Gasteiger partial charge >= 0.3 is 5.97 Å². The lowest BCUT2D eigenvalue weighted by Gasteiger charge is -2.22. The number of ether oxygens (including phenoxy) is 1. The molecule has 1 atom stereocenters. The highest BCUT2D eigenvalue weighted by Gasteiger charge is 2.28. The number of carbonyl (C=O) groups is 1. The van der Waals surface area contributed by atoms with Gasteiger partial charge in [-0.05, 0) is 32.6 Å². The molecule has 3 N–H and O–H groups in total. The largest absolute Gasteiger partial charge is 0.506 e. The summed E-state index contributed by atoms with van der Waals surface area (Å²) >= 11 is 0. The lowest BCUT2D eigenvalue weighted by Crippen LogP contribution is -2.31. The van der Waals surface area contributed by atoms with Gasteiger partial charge in [0.15, 0.2) is 5.56 Å². The number of carboxylic acid groups (broad SMARTS) is 1. The van der Waals surface area contributed by atoms with E-state index >= 15 is 0 Å². The van der Waals surface area contributed by atoms with E-state index in [0.717, 1.165) is 25.2 Å². The van der Waals surface area contributed by atoms with E-state index in [9.17, 15) is 19.8 Å². The maximum Gasteiger partial charge on any atom is 0.345 e. The van der Waals surface area contributed by atoms with Crippen LogP contribution in [0.25, 0.3) is 11.3 Å². The number of fused-ring (bicyclic) bond motifs is 3. The third kappa shape index (κ3) is 2.99. The lowest BCUT2D eigenvalue weighted by molar-refractivity contribution is 0.0691. The molecule has 3 heterocycles. The Bertz CT molecular complexity index is 998. The summed E-state index contributed by atoms with van der Waals surface area (Å²) in [6.45, 7) is 2.17. The smallest absolute Gasteiger partial charge is 0.345 e. The molecule has 0 saturated carbocycles. The molecule has 8 nitrogen and oxygen atoms in total. The number of rotatable bonds is 3. The van der Waals surface area contributed by atoms with Gasteiger partial charge in [0.1, 0.15) is 11.5 Å². The number of hydrogen-bond donors (Lipinski definition) is 3. The molecule has 0 spiro atoms. The van der Waals surface area contributed by atoms with Crippen LogP contribution in [0.1, 0.15) is 22.3 Å². The fourth-order valence-corrected chi connectivity index (χ4v) is 3.99. The van der Waals surface area contributed by atoms with E-state index < -0.39 is 22.8 Å². The molecule has 1 aromatic heterocycles. The number of aromatic nitrogens is 1. The zero-order chi connectivity index (χ0) is 20.0. The predicted octanol–water partition coefficient (Wildman–Crippen LogP) is 1.52. The van der Waals surface area contributed by atoms with Gasteiger partial charge in [0.05, 0.1) is 12.3 Å². The average molecular weight is 385 g/mol. The summed E-state index contributed by atoms with van der Waals surface area (Å²) in [7, 11) is 4.17. The number of H-pyrrole nitrogens is 1. The van der Waals surface area contributed by atoms with Gasteiger partial charge in [0, 0.05) is 48.4 Å². The number of aromatic amines is 1. The number of hydrogen-bond acceptors (Lipinski definition) is 6. The van der Waals surface area contributed by atoms with E-state index in [1.54, 1.807) is 0 Å². The molecule has 148 valence electrons. The normalized spacial score (nSPS) is 18.4. The Labute approximate surface area is 162 Å². The summed E-state index contributed by atoms with van der Waals surface area (Å²) in [6.07, 6.45) is 1.39. The summed E-state index contributed by atoms with van der Waals surface area (Å²) in [5.41, 5.74) is 1.03. The van der Waals surface area contributed by atoms with E-state index in [1.165, 1.54) is 0 Å². The van der Waals surface area contributed by atoms with Gasteiger partial charge in [-0.2, -0.15) is 0 Å². The molecule has 4 rings (SSSR count). The van der Waals surface area contributed by atoms with Gasteiger partial charge in [0.25, 0.3) is 5.56 Å². The second-order valence-corrected chi connectivity index (χ2v) is 7.47. The molecule has 8 heteroatoms. The third-order valence-corrected chi connectivity index (χ3v) is 5.61. The molecule has 0 amide bonds. The van der Waals surface area contributed by atoms with Crippen LogP contribution in [0.2, 0.25) is 0 Å². The van der Waals surface area contributed by atoms with Gasteiger partial charge in [-0.1, -0.05) is 0 Å². The number of likely N-dealkylation sites (N-methyl/N-ethyl adjacent to an activating group) is 1. The number of benzene rings is 1. The second-order valence-electron chi connectivity index (χ2n) is 7.47. The predicted molar refractivity (Wildman–Crippen MR) is 105 cm³/mol. The zero-order valence-corrected chi connectivity index (χ0v) is 15.9. The van der Waals surface area contributed by atoms with Crippen molar-refractivity contribution in [1.82, 2.24) is 9.88 Å². The van der Waals surface area contributed by atoms with Crippen molar-refractivity contribution in [3.05, 3.63) is 39.7 Å². The Morgan fingerprint density at radius 1 is 1.36 bits per heavy atom. The fourth-order valence-electron chi connectivity index (χ4n) is 3.99. The summed E-state index contributed by atoms with van der Waals surface area (Å²) in [4.78, 5) is 30.7. The maximum atomic E-state index is 12.2. The summed E-state index contributed by atoms with van der Waals surface area (Å²) < 4.78 is 5.88. The van der Waals surface area contributed by atoms with Crippen molar-refractivity contribution in [2.75, 3.05) is 38.7 Å². The van der Waals surface area contributed by atoms with Crippen molar-refractivity contribution in [1.29, 1.82) is 0 Å². The molecule has 1 saturated heterocycles. The Kier molecular flexibility index (Phi) is 4.50. The van der Waals surface area contributed by atoms with E-state index in [2.05, 4.69) is 28.9 Å². The van der Waals surface area contributed by atoms with Crippen LogP contribution in [0, 0.1) is 0 Å². The molecule has 1 fully saturated rings. The summed E-state index contributed by atoms with van der Waals surface area (Å²) in [5.74, 6) is -1.32. The third-order valence-electron chi connectivity index (χ3n) is 5.61. The highest BCUT2D eigenvalue weighted by molar-refractivity contribution is 5.92. The number of aromatic carboxylic acids is 1. The van der Waals surface area contributed by atoms with Crippen molar-refractivity contribution in [3.63, 3.8) is 0 Å². The number of anilines is 1. The summed E-state index contributed by atoms with van der Waals surface area (Å²) in [6, 6.07) is 6.27. The number of pyridine rings is 1. The van der Waals surface area contributed by atoms with Crippen LogP contribution < -0.4 is 15.2 Å². The van der Waals surface area contributed by atoms with Crippen molar-refractivity contribution in [3.8, 4) is 22.8 Å². The number of carboxylic acids is 1. The Balaban J connectivity index is 1.76. The van der Waals surface area contributed by atoms with Crippen molar-refractivity contribution in [2.24, 2.45) is 0 Å². The van der Waals surface area contributed by atoms with E-state index in [4.69, 9.17) is 4.74 Å². The van der Waals surface area contributed by atoms with Crippen LogP contribution in [0.15, 0.2) is 23.0 Å². The average Bonchev–Trinajstić information content (AvgIpc) is 3.06. The number of aromatic hydroxyl groups is 1. The first-order valence-electron chi connectivity index (χ1n) is 9.27. The molecule has 2 aliphatic heterocycles. The van der Waals surface area contributed by atoms with Gasteiger partial charge in [-0.15, -0.1) is 0 Å². The highest BCUT2D eigenvalue weighted by atomic mass is 16.5. The molecule has 2 aromatic rings. The molecule has 2 aliphatic rings. The van der Waals surface area contributed by atoms with Crippen molar-refractivity contribution < 1.29 is 19.7 Å². The minimum absolute atomic E-state index is 0.280. The Morgan fingerprint density at radius 2 is 2.14 bits per heavy atom. The molecule has 1 aromatic carbocycles. The molecule has 0 radical (unpaired) electrons. The van der Waals surface area contributed by atoms with E-state index in [1.807, 2.05) is 18.2 Å². The van der Waals surface area contributed by atoms with Crippen LogP contribution >= 0.6 is 0 Å². The molecular formula is C20H23N3O5. The number of nitrogens with one attached hydrogen (secondary N) is 1. The Hall–Kier alpha value is -3.00. The van der Waals surface area contributed by atoms with Crippen LogP contribution in [0.4, 0.5) is 5.69 Å². The standard InChI is InChI=1S/C20H23N3O5/c1-22(2)12-5-7-23(10-12)11-3-4-13-15(9-11)28-8-6-14-17(13)21-19(25)16(18(14)24)20(26)27/h3-4,9,12H,5-8,10H2,1-2H3,(H,26,27)(H2,21,24,25)/t12-/m0/s1. The minimum Gasteiger partial charge on any atom is -0.506 e. The van der Waals surface area contributed by atoms with Gasteiger partial charge < -0.3 is 29.7 Å². The molecule has 0 aliphatic carbocycles.